The second kappa shape index (κ2) is 9.60. The normalized spacial score (nSPS) is 11.5. The van der Waals surface area contributed by atoms with Gasteiger partial charge in [-0.3, -0.25) is 23.8 Å². The van der Waals surface area contributed by atoms with Crippen LogP contribution < -0.4 is 21.9 Å². The Morgan fingerprint density at radius 1 is 1.27 bits per heavy atom. The molecule has 33 heavy (non-hydrogen) atoms. The average Bonchev–Trinajstić information content (AvgIpc) is 3.02. The molecule has 0 saturated heterocycles. The Morgan fingerprint density at radius 3 is 2.61 bits per heavy atom. The SMILES string of the molecule is CCCCn1c(N)c(N(CCC(C)C)C(=O)c2cc(C)nc3c2c(C)nn3C)c(=O)[nH]c1=O. The molecular formula is C23H33N7O3. The third-order valence-electron chi connectivity index (χ3n) is 5.72. The molecule has 3 aromatic heterocycles. The van der Waals surface area contributed by atoms with Crippen LogP contribution in [0, 0.1) is 19.8 Å². The number of amides is 1. The minimum atomic E-state index is -0.674. The molecule has 3 N–H and O–H groups in total. The van der Waals surface area contributed by atoms with E-state index in [0.717, 1.165) is 6.42 Å². The third-order valence-corrected chi connectivity index (χ3v) is 5.72. The standard InChI is InChI=1S/C23H33N7O3/c1-7-8-10-30-19(24)18(21(31)26-23(30)33)29(11-9-13(2)3)22(32)16-12-14(4)25-20-17(16)15(5)27-28(20)6/h12-13H,7-11,24H2,1-6H3,(H,26,31,33). The lowest BCUT2D eigenvalue weighted by molar-refractivity contribution is 0.0987. The van der Waals surface area contributed by atoms with Crippen LogP contribution in [0.2, 0.25) is 0 Å². The van der Waals surface area contributed by atoms with Gasteiger partial charge >= 0.3 is 5.69 Å². The first-order chi connectivity index (χ1) is 15.6. The molecule has 3 aromatic rings. The molecular weight excluding hydrogens is 422 g/mol. The lowest BCUT2D eigenvalue weighted by atomic mass is 10.1. The summed E-state index contributed by atoms with van der Waals surface area (Å²) in [6, 6.07) is 1.71. The van der Waals surface area contributed by atoms with E-state index in [1.165, 1.54) is 9.47 Å². The molecule has 3 heterocycles. The molecule has 178 valence electrons. The zero-order valence-corrected chi connectivity index (χ0v) is 20.2. The van der Waals surface area contributed by atoms with Crippen LogP contribution in [0.4, 0.5) is 11.5 Å². The van der Waals surface area contributed by atoms with E-state index >= 15 is 0 Å². The van der Waals surface area contributed by atoms with E-state index in [1.807, 2.05) is 34.6 Å². The fourth-order valence-electron chi connectivity index (χ4n) is 3.96. The van der Waals surface area contributed by atoms with E-state index in [0.29, 0.717) is 47.4 Å². The fourth-order valence-corrected chi connectivity index (χ4v) is 3.96. The topological polar surface area (TPSA) is 132 Å². The monoisotopic (exact) mass is 455 g/mol. The zero-order chi connectivity index (χ0) is 24.4. The number of carbonyl (C=O) groups is 1. The number of aryl methyl sites for hydroxylation is 3. The maximum absolute atomic E-state index is 14.0. The maximum Gasteiger partial charge on any atom is 0.330 e. The molecule has 0 aromatic carbocycles. The third kappa shape index (κ3) is 4.69. The molecule has 0 saturated carbocycles. The van der Waals surface area contributed by atoms with Gasteiger partial charge in [0.05, 0.1) is 16.6 Å². The van der Waals surface area contributed by atoms with Crippen LogP contribution in [0.15, 0.2) is 15.7 Å². The Labute approximate surface area is 192 Å². The Balaban J connectivity index is 2.24. The van der Waals surface area contributed by atoms with Crippen molar-refractivity contribution in [1.82, 2.24) is 24.3 Å². The number of unbranched alkanes of at least 4 members (excludes halogenated alkanes) is 1. The summed E-state index contributed by atoms with van der Waals surface area (Å²) in [4.78, 5) is 47.6. The van der Waals surface area contributed by atoms with E-state index < -0.39 is 11.2 Å². The maximum atomic E-state index is 14.0. The minimum absolute atomic E-state index is 0.000474. The summed E-state index contributed by atoms with van der Waals surface area (Å²) >= 11 is 0. The van der Waals surface area contributed by atoms with Gasteiger partial charge in [0.1, 0.15) is 5.82 Å². The quantitative estimate of drug-likeness (QED) is 0.536. The molecule has 0 aliphatic heterocycles. The smallest absolute Gasteiger partial charge is 0.330 e. The molecule has 10 nitrogen and oxygen atoms in total. The van der Waals surface area contributed by atoms with Crippen molar-refractivity contribution in [2.75, 3.05) is 17.2 Å². The molecule has 0 atom stereocenters. The van der Waals surface area contributed by atoms with Crippen LogP contribution in [-0.2, 0) is 13.6 Å². The number of aromatic amines is 1. The van der Waals surface area contributed by atoms with Crippen molar-refractivity contribution in [2.45, 2.75) is 60.4 Å². The highest BCUT2D eigenvalue weighted by Crippen LogP contribution is 2.27. The Kier molecular flexibility index (Phi) is 7.04. The summed E-state index contributed by atoms with van der Waals surface area (Å²) < 4.78 is 2.97. The number of hydrogen-bond acceptors (Lipinski definition) is 6. The highest BCUT2D eigenvalue weighted by molar-refractivity contribution is 6.14. The summed E-state index contributed by atoms with van der Waals surface area (Å²) in [6.45, 7) is 10.3. The van der Waals surface area contributed by atoms with Crippen LogP contribution in [0.3, 0.4) is 0 Å². The van der Waals surface area contributed by atoms with E-state index in [9.17, 15) is 14.4 Å². The molecule has 0 aliphatic rings. The fraction of sp³-hybridized carbons (Fsp3) is 0.522. The van der Waals surface area contributed by atoms with Crippen LogP contribution in [0.25, 0.3) is 11.0 Å². The molecule has 1 amide bonds. The van der Waals surface area contributed by atoms with Crippen LogP contribution in [0.5, 0.6) is 0 Å². The van der Waals surface area contributed by atoms with Gasteiger partial charge in [-0.25, -0.2) is 9.78 Å². The number of nitrogens with zero attached hydrogens (tertiary/aromatic N) is 5. The van der Waals surface area contributed by atoms with Crippen molar-refractivity contribution >= 4 is 28.4 Å². The zero-order valence-electron chi connectivity index (χ0n) is 20.2. The Hall–Kier alpha value is -3.43. The number of nitrogens with one attached hydrogen (secondary N) is 1. The summed E-state index contributed by atoms with van der Waals surface area (Å²) in [5, 5.41) is 5.06. The van der Waals surface area contributed by atoms with Crippen molar-refractivity contribution in [3.05, 3.63) is 43.9 Å². The molecule has 0 bridgehead atoms. The average molecular weight is 456 g/mol. The summed E-state index contributed by atoms with van der Waals surface area (Å²) in [7, 11) is 1.78. The van der Waals surface area contributed by atoms with E-state index in [4.69, 9.17) is 5.73 Å². The van der Waals surface area contributed by atoms with Gasteiger partial charge in [0.15, 0.2) is 11.3 Å². The number of rotatable bonds is 8. The van der Waals surface area contributed by atoms with Gasteiger partial charge in [0.2, 0.25) is 0 Å². The van der Waals surface area contributed by atoms with E-state index in [2.05, 4.69) is 15.1 Å². The molecule has 10 heteroatoms. The second-order valence-electron chi connectivity index (χ2n) is 8.86. The van der Waals surface area contributed by atoms with Gasteiger partial charge in [-0.15, -0.1) is 0 Å². The molecule has 0 fully saturated rings. The van der Waals surface area contributed by atoms with Crippen LogP contribution >= 0.6 is 0 Å². The Morgan fingerprint density at radius 2 is 1.97 bits per heavy atom. The molecule has 0 spiro atoms. The number of pyridine rings is 1. The number of nitrogen functional groups attached to an aromatic ring is 1. The summed E-state index contributed by atoms with van der Waals surface area (Å²) in [5.74, 6) is -0.0923. The molecule has 0 radical (unpaired) electrons. The van der Waals surface area contributed by atoms with E-state index in [1.54, 1.807) is 17.8 Å². The highest BCUT2D eigenvalue weighted by Gasteiger charge is 2.28. The van der Waals surface area contributed by atoms with Gasteiger partial charge in [-0.1, -0.05) is 27.2 Å². The first-order valence-electron chi connectivity index (χ1n) is 11.3. The minimum Gasteiger partial charge on any atom is -0.383 e. The first kappa shape index (κ1) is 24.2. The lowest BCUT2D eigenvalue weighted by Crippen LogP contribution is -2.42. The molecule has 3 rings (SSSR count). The number of hydrogen-bond donors (Lipinski definition) is 2. The van der Waals surface area contributed by atoms with Crippen molar-refractivity contribution in [1.29, 1.82) is 0 Å². The number of anilines is 2. The van der Waals surface area contributed by atoms with Gasteiger partial charge in [0, 0.05) is 25.8 Å². The predicted octanol–water partition coefficient (Wildman–Crippen LogP) is 2.51. The van der Waals surface area contributed by atoms with Crippen molar-refractivity contribution < 1.29 is 4.79 Å². The van der Waals surface area contributed by atoms with Gasteiger partial charge in [0.25, 0.3) is 11.5 Å². The van der Waals surface area contributed by atoms with Gasteiger partial charge in [-0.2, -0.15) is 5.10 Å². The predicted molar refractivity (Wildman–Crippen MR) is 130 cm³/mol. The second-order valence-corrected chi connectivity index (χ2v) is 8.86. The number of aromatic nitrogens is 5. The van der Waals surface area contributed by atoms with Crippen molar-refractivity contribution in [3.63, 3.8) is 0 Å². The van der Waals surface area contributed by atoms with Crippen molar-refractivity contribution in [3.8, 4) is 0 Å². The first-order valence-corrected chi connectivity index (χ1v) is 11.3. The number of nitrogens with two attached hydrogens (primary N) is 1. The highest BCUT2D eigenvalue weighted by atomic mass is 16.2. The Bertz CT molecular complexity index is 1300. The lowest BCUT2D eigenvalue weighted by Gasteiger charge is -2.26. The number of H-pyrrole nitrogens is 1. The number of carbonyl (C=O) groups excluding carboxylic acids is 1. The van der Waals surface area contributed by atoms with Crippen LogP contribution in [-0.4, -0.2) is 36.8 Å². The molecule has 0 aliphatic carbocycles. The van der Waals surface area contributed by atoms with E-state index in [-0.39, 0.29) is 29.9 Å². The van der Waals surface area contributed by atoms with Crippen LogP contribution in [0.1, 0.15) is 61.8 Å². The van der Waals surface area contributed by atoms with Crippen molar-refractivity contribution in [2.24, 2.45) is 13.0 Å². The molecule has 0 unspecified atom stereocenters. The van der Waals surface area contributed by atoms with Gasteiger partial charge in [-0.05, 0) is 38.7 Å². The number of fused-ring (bicyclic) bond motifs is 1. The summed E-state index contributed by atoms with van der Waals surface area (Å²) in [6.07, 6.45) is 2.22. The largest absolute Gasteiger partial charge is 0.383 e. The summed E-state index contributed by atoms with van der Waals surface area (Å²) in [5.41, 5.74) is 7.42. The van der Waals surface area contributed by atoms with Gasteiger partial charge < -0.3 is 10.6 Å².